The van der Waals surface area contributed by atoms with Crippen molar-refractivity contribution in [2.45, 2.75) is 39.3 Å². The lowest BCUT2D eigenvalue weighted by atomic mass is 10.1. The van der Waals surface area contributed by atoms with Gasteiger partial charge < -0.3 is 15.2 Å². The normalized spacial score (nSPS) is 17.1. The molecule has 2 heterocycles. The predicted molar refractivity (Wildman–Crippen MR) is 97.1 cm³/mol. The van der Waals surface area contributed by atoms with Crippen LogP contribution in [0.3, 0.4) is 0 Å². The second kappa shape index (κ2) is 7.23. The number of fused-ring (bicyclic) bond motifs is 1. The number of nitrogens with zero attached hydrogens (tertiary/aromatic N) is 2. The summed E-state index contributed by atoms with van der Waals surface area (Å²) in [6.45, 7) is 6.52. The molecule has 7 nitrogen and oxygen atoms in total. The van der Waals surface area contributed by atoms with Gasteiger partial charge in [-0.1, -0.05) is 6.92 Å². The van der Waals surface area contributed by atoms with Gasteiger partial charge in [-0.25, -0.2) is 4.79 Å². The van der Waals surface area contributed by atoms with Crippen molar-refractivity contribution in [1.29, 1.82) is 0 Å². The van der Waals surface area contributed by atoms with Gasteiger partial charge in [0.2, 0.25) is 0 Å². The summed E-state index contributed by atoms with van der Waals surface area (Å²) in [5.74, 6) is -0.0574. The average molecular weight is 344 g/mol. The monoisotopic (exact) mass is 344 g/mol. The zero-order valence-electron chi connectivity index (χ0n) is 14.7. The van der Waals surface area contributed by atoms with Crippen molar-refractivity contribution in [2.24, 2.45) is 0 Å². The fourth-order valence-corrected chi connectivity index (χ4v) is 3.44. The van der Waals surface area contributed by atoms with Gasteiger partial charge in [-0.2, -0.15) is 0 Å². The van der Waals surface area contributed by atoms with Crippen LogP contribution in [-0.2, 0) is 6.54 Å². The molecule has 1 aliphatic rings. The first-order valence-electron chi connectivity index (χ1n) is 8.85. The molecule has 1 atom stereocenters. The van der Waals surface area contributed by atoms with Crippen LogP contribution in [0.4, 0.5) is 0 Å². The summed E-state index contributed by atoms with van der Waals surface area (Å²) in [5.41, 5.74) is 0.129. The van der Waals surface area contributed by atoms with E-state index in [9.17, 15) is 14.4 Å². The van der Waals surface area contributed by atoms with Gasteiger partial charge in [0.1, 0.15) is 0 Å². The molecule has 134 valence electrons. The maximum Gasteiger partial charge on any atom is 0.328 e. The molecule has 25 heavy (non-hydrogen) atoms. The maximum atomic E-state index is 13.0. The highest BCUT2D eigenvalue weighted by Gasteiger charge is 2.26. The number of hydrogen-bond donors (Lipinski definition) is 2. The van der Waals surface area contributed by atoms with Crippen LogP contribution in [0.2, 0.25) is 0 Å². The van der Waals surface area contributed by atoms with Crippen molar-refractivity contribution in [3.8, 4) is 0 Å². The minimum atomic E-state index is -0.449. The summed E-state index contributed by atoms with van der Waals surface area (Å²) in [6.07, 6.45) is 1.82. The van der Waals surface area contributed by atoms with Crippen molar-refractivity contribution in [3.63, 3.8) is 0 Å². The highest BCUT2D eigenvalue weighted by atomic mass is 16.2. The number of rotatable bonds is 5. The molecule has 1 aromatic heterocycles. The third kappa shape index (κ3) is 3.24. The van der Waals surface area contributed by atoms with Gasteiger partial charge in [0, 0.05) is 31.2 Å². The van der Waals surface area contributed by atoms with Crippen LogP contribution < -0.4 is 16.6 Å². The van der Waals surface area contributed by atoms with Crippen LogP contribution in [0.5, 0.6) is 0 Å². The number of carbonyl (C=O) groups excluding carboxylic acids is 1. The van der Waals surface area contributed by atoms with Gasteiger partial charge in [0.25, 0.3) is 11.5 Å². The molecule has 2 N–H and O–H groups in total. The van der Waals surface area contributed by atoms with E-state index in [0.29, 0.717) is 29.6 Å². The van der Waals surface area contributed by atoms with Gasteiger partial charge in [0.15, 0.2) is 0 Å². The number of amides is 1. The number of H-pyrrole nitrogens is 1. The number of aromatic nitrogens is 2. The minimum Gasteiger partial charge on any atom is -0.334 e. The Morgan fingerprint density at radius 1 is 1.32 bits per heavy atom. The summed E-state index contributed by atoms with van der Waals surface area (Å²) in [7, 11) is 0. The molecule has 3 rings (SSSR count). The lowest BCUT2D eigenvalue weighted by Crippen LogP contribution is -2.42. The van der Waals surface area contributed by atoms with Crippen molar-refractivity contribution < 1.29 is 4.79 Å². The Balaban J connectivity index is 2.01. The zero-order valence-corrected chi connectivity index (χ0v) is 14.7. The Morgan fingerprint density at radius 3 is 2.76 bits per heavy atom. The van der Waals surface area contributed by atoms with Crippen LogP contribution >= 0.6 is 0 Å². The summed E-state index contributed by atoms with van der Waals surface area (Å²) in [6, 6.07) is 5.11. The van der Waals surface area contributed by atoms with Crippen molar-refractivity contribution in [2.75, 3.05) is 19.6 Å². The van der Waals surface area contributed by atoms with E-state index in [1.807, 2.05) is 11.8 Å². The third-order valence-electron chi connectivity index (χ3n) is 4.75. The van der Waals surface area contributed by atoms with Gasteiger partial charge in [0.05, 0.1) is 10.9 Å². The fourth-order valence-electron chi connectivity index (χ4n) is 3.44. The Hall–Kier alpha value is -2.41. The lowest BCUT2D eigenvalue weighted by Gasteiger charge is -2.28. The molecule has 1 unspecified atom stereocenters. The molecule has 0 radical (unpaired) electrons. The highest BCUT2D eigenvalue weighted by molar-refractivity contribution is 5.97. The van der Waals surface area contributed by atoms with Crippen molar-refractivity contribution in [1.82, 2.24) is 19.8 Å². The second-order valence-corrected chi connectivity index (χ2v) is 6.39. The topological polar surface area (TPSA) is 87.2 Å². The average Bonchev–Trinajstić information content (AvgIpc) is 3.13. The van der Waals surface area contributed by atoms with Gasteiger partial charge in [-0.05, 0) is 44.5 Å². The van der Waals surface area contributed by atoms with E-state index in [1.165, 1.54) is 0 Å². The van der Waals surface area contributed by atoms with Gasteiger partial charge >= 0.3 is 5.69 Å². The number of carbonyl (C=O) groups is 1. The van der Waals surface area contributed by atoms with E-state index in [4.69, 9.17) is 0 Å². The Morgan fingerprint density at radius 2 is 2.12 bits per heavy atom. The standard InChI is InChI=1S/C18H24N4O3/c1-3-9-22(13-7-8-19-11-13)16(23)12-5-6-14-15(10-12)20-18(25)21(4-2)17(14)24/h5-6,10,13,19H,3-4,7-9,11H2,1-2H3,(H,20,25). The van der Waals surface area contributed by atoms with E-state index >= 15 is 0 Å². The summed E-state index contributed by atoms with van der Waals surface area (Å²) < 4.78 is 1.15. The van der Waals surface area contributed by atoms with Crippen LogP contribution in [0.1, 0.15) is 37.0 Å². The molecule has 1 fully saturated rings. The second-order valence-electron chi connectivity index (χ2n) is 6.39. The van der Waals surface area contributed by atoms with E-state index < -0.39 is 5.69 Å². The van der Waals surface area contributed by atoms with E-state index in [1.54, 1.807) is 25.1 Å². The zero-order chi connectivity index (χ0) is 18.0. The van der Waals surface area contributed by atoms with E-state index in [-0.39, 0.29) is 17.5 Å². The number of benzene rings is 1. The lowest BCUT2D eigenvalue weighted by molar-refractivity contribution is 0.0692. The molecule has 7 heteroatoms. The summed E-state index contributed by atoms with van der Waals surface area (Å²) in [4.78, 5) is 41.9. The minimum absolute atomic E-state index is 0.0574. The van der Waals surface area contributed by atoms with Crippen molar-refractivity contribution in [3.05, 3.63) is 44.6 Å². The summed E-state index contributed by atoms with van der Waals surface area (Å²) >= 11 is 0. The first-order valence-corrected chi connectivity index (χ1v) is 8.85. The molecule has 2 aromatic rings. The maximum absolute atomic E-state index is 13.0. The molecule has 0 aliphatic carbocycles. The molecule has 1 amide bonds. The fraction of sp³-hybridized carbons (Fsp3) is 0.500. The molecule has 1 aromatic carbocycles. The Bertz CT molecular complexity index is 893. The van der Waals surface area contributed by atoms with Crippen molar-refractivity contribution >= 4 is 16.8 Å². The van der Waals surface area contributed by atoms with Gasteiger partial charge in [-0.15, -0.1) is 0 Å². The summed E-state index contributed by atoms with van der Waals surface area (Å²) in [5, 5.41) is 3.71. The quantitative estimate of drug-likeness (QED) is 0.844. The first-order chi connectivity index (χ1) is 12.1. The first kappa shape index (κ1) is 17.4. The number of hydrogen-bond acceptors (Lipinski definition) is 4. The smallest absolute Gasteiger partial charge is 0.328 e. The molecule has 0 saturated carbocycles. The number of aromatic amines is 1. The Kier molecular flexibility index (Phi) is 5.03. The van der Waals surface area contributed by atoms with Crippen LogP contribution in [0.25, 0.3) is 10.9 Å². The highest BCUT2D eigenvalue weighted by Crippen LogP contribution is 2.16. The van der Waals surface area contributed by atoms with Crippen LogP contribution in [0, 0.1) is 0 Å². The number of nitrogens with one attached hydrogen (secondary N) is 2. The molecular formula is C18H24N4O3. The molecule has 1 saturated heterocycles. The third-order valence-corrected chi connectivity index (χ3v) is 4.75. The molecule has 0 bridgehead atoms. The predicted octanol–water partition coefficient (Wildman–Crippen LogP) is 0.924. The molecular weight excluding hydrogens is 320 g/mol. The van der Waals surface area contributed by atoms with E-state index in [2.05, 4.69) is 10.3 Å². The largest absolute Gasteiger partial charge is 0.334 e. The van der Waals surface area contributed by atoms with Crippen LogP contribution in [0.15, 0.2) is 27.8 Å². The van der Waals surface area contributed by atoms with E-state index in [0.717, 1.165) is 30.5 Å². The molecule has 0 spiro atoms. The molecule has 1 aliphatic heterocycles. The SMILES string of the molecule is CCCN(C(=O)c1ccc2c(=O)n(CC)c(=O)[nH]c2c1)C1CCNC1. The van der Waals surface area contributed by atoms with Gasteiger partial charge in [-0.3, -0.25) is 14.2 Å². The van der Waals surface area contributed by atoms with Crippen LogP contribution in [-0.4, -0.2) is 46.0 Å². The Labute approximate surface area is 145 Å².